The Hall–Kier alpha value is -0.830. The molecule has 0 bridgehead atoms. The number of carbonyl (C=O) groups is 1. The zero-order valence-electron chi connectivity index (χ0n) is 9.68. The predicted octanol–water partition coefficient (Wildman–Crippen LogP) is 3.32. The first-order valence-electron chi connectivity index (χ1n) is 5.28. The van der Waals surface area contributed by atoms with Crippen LogP contribution >= 0.6 is 11.3 Å². The van der Waals surface area contributed by atoms with Gasteiger partial charge in [0, 0.05) is 10.3 Å². The van der Waals surface area contributed by atoms with Gasteiger partial charge in [-0.1, -0.05) is 20.8 Å². The third kappa shape index (κ3) is 1.41. The minimum absolute atomic E-state index is 0.106. The van der Waals surface area contributed by atoms with Gasteiger partial charge in [-0.05, 0) is 24.8 Å². The van der Waals surface area contributed by atoms with Gasteiger partial charge in [0.2, 0.25) is 0 Å². The molecule has 1 aromatic heterocycles. The molecular weight excluding hydrogens is 206 g/mol. The van der Waals surface area contributed by atoms with Crippen molar-refractivity contribution in [2.45, 2.75) is 45.4 Å². The van der Waals surface area contributed by atoms with E-state index in [4.69, 9.17) is 5.73 Å². The average Bonchev–Trinajstić information content (AvgIpc) is 2.50. The highest BCUT2D eigenvalue weighted by Gasteiger charge is 2.40. The molecule has 0 fully saturated rings. The van der Waals surface area contributed by atoms with Crippen molar-refractivity contribution >= 4 is 22.1 Å². The van der Waals surface area contributed by atoms with E-state index in [0.717, 1.165) is 12.0 Å². The van der Waals surface area contributed by atoms with Crippen LogP contribution in [0.1, 0.15) is 60.8 Å². The summed E-state index contributed by atoms with van der Waals surface area (Å²) in [6.07, 6.45) is 1.12. The SMILES string of the molecule is CC(=O)c1c(N)sc2c1C(C)CC2(C)C. The highest BCUT2D eigenvalue weighted by atomic mass is 32.1. The Morgan fingerprint density at radius 1 is 1.53 bits per heavy atom. The summed E-state index contributed by atoms with van der Waals surface area (Å²) in [4.78, 5) is 12.9. The Labute approximate surface area is 94.5 Å². The van der Waals surface area contributed by atoms with E-state index in [1.165, 1.54) is 10.4 Å². The Kier molecular flexibility index (Phi) is 2.19. The molecule has 3 heteroatoms. The van der Waals surface area contributed by atoms with Crippen molar-refractivity contribution in [3.8, 4) is 0 Å². The number of ketones is 1. The van der Waals surface area contributed by atoms with Crippen molar-refractivity contribution in [2.75, 3.05) is 5.73 Å². The Balaban J connectivity index is 2.69. The van der Waals surface area contributed by atoms with E-state index in [-0.39, 0.29) is 11.2 Å². The lowest BCUT2D eigenvalue weighted by Crippen LogP contribution is -2.10. The Morgan fingerprint density at radius 2 is 2.13 bits per heavy atom. The van der Waals surface area contributed by atoms with Crippen LogP contribution in [0, 0.1) is 0 Å². The van der Waals surface area contributed by atoms with Gasteiger partial charge in [-0.2, -0.15) is 0 Å². The molecule has 1 unspecified atom stereocenters. The second-order valence-electron chi connectivity index (χ2n) is 5.13. The molecule has 82 valence electrons. The molecule has 0 aliphatic heterocycles. The molecule has 0 spiro atoms. The average molecular weight is 223 g/mol. The molecule has 2 rings (SSSR count). The zero-order chi connectivity index (χ0) is 11.4. The summed E-state index contributed by atoms with van der Waals surface area (Å²) in [5, 5.41) is 0.701. The third-order valence-electron chi connectivity index (χ3n) is 3.25. The van der Waals surface area contributed by atoms with Crippen LogP contribution in [0.4, 0.5) is 5.00 Å². The monoisotopic (exact) mass is 223 g/mol. The lowest BCUT2D eigenvalue weighted by Gasteiger charge is -2.17. The number of nitrogen functional groups attached to an aromatic ring is 1. The number of hydrogen-bond donors (Lipinski definition) is 1. The molecule has 1 heterocycles. The van der Waals surface area contributed by atoms with E-state index < -0.39 is 0 Å². The van der Waals surface area contributed by atoms with Gasteiger partial charge in [0.05, 0.1) is 10.6 Å². The normalized spacial score (nSPS) is 22.8. The van der Waals surface area contributed by atoms with E-state index in [2.05, 4.69) is 20.8 Å². The van der Waals surface area contributed by atoms with Crippen LogP contribution in [0.3, 0.4) is 0 Å². The van der Waals surface area contributed by atoms with Crippen molar-refractivity contribution < 1.29 is 4.79 Å². The van der Waals surface area contributed by atoms with Crippen LogP contribution in [-0.2, 0) is 5.41 Å². The number of Topliss-reactive ketones (excluding diaryl/α,β-unsaturated/α-hetero) is 1. The second kappa shape index (κ2) is 3.08. The first-order valence-corrected chi connectivity index (χ1v) is 6.10. The number of fused-ring (bicyclic) bond motifs is 1. The van der Waals surface area contributed by atoms with Crippen molar-refractivity contribution in [3.63, 3.8) is 0 Å². The van der Waals surface area contributed by atoms with E-state index >= 15 is 0 Å². The number of nitrogens with two attached hydrogens (primary N) is 1. The summed E-state index contributed by atoms with van der Waals surface area (Å²) < 4.78 is 0. The maximum Gasteiger partial charge on any atom is 0.163 e. The van der Waals surface area contributed by atoms with E-state index in [1.54, 1.807) is 18.3 Å². The maximum atomic E-state index is 11.6. The minimum atomic E-state index is 0.106. The number of anilines is 1. The van der Waals surface area contributed by atoms with Gasteiger partial charge in [-0.15, -0.1) is 11.3 Å². The fourth-order valence-electron chi connectivity index (χ4n) is 2.76. The van der Waals surface area contributed by atoms with Crippen LogP contribution < -0.4 is 5.73 Å². The molecule has 0 saturated heterocycles. The number of thiophene rings is 1. The molecule has 2 N–H and O–H groups in total. The number of carbonyl (C=O) groups excluding carboxylic acids is 1. The molecule has 0 amide bonds. The van der Waals surface area contributed by atoms with Crippen molar-refractivity contribution in [1.29, 1.82) is 0 Å². The molecule has 0 aromatic carbocycles. The molecular formula is C12H17NOS. The van der Waals surface area contributed by atoms with Gasteiger partial charge in [-0.3, -0.25) is 4.79 Å². The lowest BCUT2D eigenvalue weighted by atomic mass is 9.91. The van der Waals surface area contributed by atoms with Gasteiger partial charge < -0.3 is 5.73 Å². The van der Waals surface area contributed by atoms with Crippen LogP contribution in [0.2, 0.25) is 0 Å². The number of hydrogen-bond acceptors (Lipinski definition) is 3. The molecule has 1 aromatic rings. The fraction of sp³-hybridized carbons (Fsp3) is 0.583. The van der Waals surface area contributed by atoms with Crippen LogP contribution in [0.25, 0.3) is 0 Å². The summed E-state index contributed by atoms with van der Waals surface area (Å²) in [5.41, 5.74) is 8.12. The third-order valence-corrected chi connectivity index (χ3v) is 4.65. The van der Waals surface area contributed by atoms with Crippen LogP contribution in [-0.4, -0.2) is 5.78 Å². The molecule has 0 saturated carbocycles. The first-order chi connectivity index (χ1) is 6.84. The predicted molar refractivity (Wildman–Crippen MR) is 64.8 cm³/mol. The molecule has 15 heavy (non-hydrogen) atoms. The van der Waals surface area contributed by atoms with Gasteiger partial charge in [-0.25, -0.2) is 0 Å². The van der Waals surface area contributed by atoms with Gasteiger partial charge in [0.1, 0.15) is 0 Å². The van der Waals surface area contributed by atoms with Crippen molar-refractivity contribution in [2.24, 2.45) is 0 Å². The highest BCUT2D eigenvalue weighted by molar-refractivity contribution is 7.16. The van der Waals surface area contributed by atoms with Crippen molar-refractivity contribution in [1.82, 2.24) is 0 Å². The molecule has 0 radical (unpaired) electrons. The van der Waals surface area contributed by atoms with E-state index in [0.29, 0.717) is 10.9 Å². The van der Waals surface area contributed by atoms with Crippen LogP contribution in [0.15, 0.2) is 0 Å². The van der Waals surface area contributed by atoms with Crippen LogP contribution in [0.5, 0.6) is 0 Å². The lowest BCUT2D eigenvalue weighted by molar-refractivity contribution is 0.101. The number of rotatable bonds is 1. The fourth-order valence-corrected chi connectivity index (χ4v) is 4.11. The molecule has 1 aliphatic rings. The topological polar surface area (TPSA) is 43.1 Å². The summed E-state index contributed by atoms with van der Waals surface area (Å²) in [6.45, 7) is 8.26. The summed E-state index contributed by atoms with van der Waals surface area (Å²) in [5.74, 6) is 0.567. The van der Waals surface area contributed by atoms with Gasteiger partial charge in [0.15, 0.2) is 5.78 Å². The molecule has 1 aliphatic carbocycles. The van der Waals surface area contributed by atoms with E-state index in [1.807, 2.05) is 0 Å². The summed E-state index contributed by atoms with van der Waals surface area (Å²) in [6, 6.07) is 0. The highest BCUT2D eigenvalue weighted by Crippen LogP contribution is 2.52. The first kappa shape index (κ1) is 10.7. The summed E-state index contributed by atoms with van der Waals surface area (Å²) in [7, 11) is 0. The zero-order valence-corrected chi connectivity index (χ0v) is 10.5. The largest absolute Gasteiger partial charge is 0.390 e. The van der Waals surface area contributed by atoms with Gasteiger partial charge in [0.25, 0.3) is 0 Å². The van der Waals surface area contributed by atoms with Gasteiger partial charge >= 0.3 is 0 Å². The standard InChI is InChI=1S/C12H17NOS/c1-6-5-12(3,4)10-8(6)9(7(2)14)11(13)15-10/h6H,5,13H2,1-4H3. The maximum absolute atomic E-state index is 11.6. The summed E-state index contributed by atoms with van der Waals surface area (Å²) >= 11 is 1.60. The molecule has 1 atom stereocenters. The van der Waals surface area contributed by atoms with E-state index in [9.17, 15) is 4.79 Å². The Morgan fingerprint density at radius 3 is 2.67 bits per heavy atom. The minimum Gasteiger partial charge on any atom is -0.390 e. The second-order valence-corrected chi connectivity index (χ2v) is 6.18. The quantitative estimate of drug-likeness (QED) is 0.742. The Bertz CT molecular complexity index is 431. The molecule has 2 nitrogen and oxygen atoms in total. The van der Waals surface area contributed by atoms with Crippen molar-refractivity contribution in [3.05, 3.63) is 16.0 Å². The smallest absolute Gasteiger partial charge is 0.163 e.